The lowest BCUT2D eigenvalue weighted by Gasteiger charge is -2.39. The van der Waals surface area contributed by atoms with Gasteiger partial charge in [-0.05, 0) is 43.4 Å². The maximum absolute atomic E-state index is 15.3. The Kier molecular flexibility index (Phi) is 9.19. The minimum absolute atomic E-state index is 0.0329. The van der Waals surface area contributed by atoms with E-state index in [9.17, 15) is 22.8 Å². The van der Waals surface area contributed by atoms with Crippen LogP contribution < -0.4 is 20.1 Å². The second kappa shape index (κ2) is 13.3. The smallest absolute Gasteiger partial charge is 0.423 e. The number of aromatic nitrogens is 2. The van der Waals surface area contributed by atoms with E-state index in [4.69, 9.17) is 14.2 Å². The Balaban J connectivity index is 1.19. The monoisotopic (exact) mass is 658 g/mol. The highest BCUT2D eigenvalue weighted by Crippen LogP contribution is 2.40. The zero-order chi connectivity index (χ0) is 33.3. The number of fused-ring (bicyclic) bond motifs is 1. The summed E-state index contributed by atoms with van der Waals surface area (Å²) in [4.78, 5) is 37.3. The van der Waals surface area contributed by atoms with E-state index in [-0.39, 0.29) is 46.8 Å². The lowest BCUT2D eigenvalue weighted by molar-refractivity contribution is -0.139. The number of nitrogens with zero attached hydrogens (tertiary/aromatic N) is 4. The summed E-state index contributed by atoms with van der Waals surface area (Å²) in [7, 11) is 2.87. The van der Waals surface area contributed by atoms with Gasteiger partial charge in [-0.2, -0.15) is 18.2 Å². The van der Waals surface area contributed by atoms with Crippen LogP contribution in [0.1, 0.15) is 57.5 Å². The summed E-state index contributed by atoms with van der Waals surface area (Å²) in [6.45, 7) is 3.43. The summed E-state index contributed by atoms with van der Waals surface area (Å²) in [5.74, 6) is -3.17. The number of likely N-dealkylation sites (tertiary alicyclic amines) is 1. The fourth-order valence-corrected chi connectivity index (χ4v) is 6.19. The molecule has 4 heterocycles. The number of alkyl halides is 3. The highest BCUT2D eigenvalue weighted by molar-refractivity contribution is 6.01. The van der Waals surface area contributed by atoms with Gasteiger partial charge in [0.2, 0.25) is 11.8 Å². The van der Waals surface area contributed by atoms with E-state index in [1.165, 1.54) is 24.1 Å². The molecule has 11 nitrogen and oxygen atoms in total. The van der Waals surface area contributed by atoms with Crippen molar-refractivity contribution >= 4 is 23.5 Å². The third-order valence-corrected chi connectivity index (χ3v) is 8.70. The number of halogens is 4. The van der Waals surface area contributed by atoms with Gasteiger partial charge in [-0.15, -0.1) is 0 Å². The van der Waals surface area contributed by atoms with Gasteiger partial charge in [-0.1, -0.05) is 12.1 Å². The molecule has 0 spiro atoms. The third-order valence-electron chi connectivity index (χ3n) is 8.70. The molecule has 2 fully saturated rings. The van der Waals surface area contributed by atoms with Crippen LogP contribution >= 0.6 is 0 Å². The zero-order valence-electron chi connectivity index (χ0n) is 25.8. The molecule has 0 atom stereocenters. The average molecular weight is 659 g/mol. The lowest BCUT2D eigenvalue weighted by Crippen LogP contribution is -2.49. The molecule has 3 aromatic rings. The number of ether oxygens (including phenoxy) is 3. The number of carbonyl (C=O) groups is 2. The summed E-state index contributed by atoms with van der Waals surface area (Å²) in [6.07, 6.45) is -0.919. The van der Waals surface area contributed by atoms with Gasteiger partial charge in [0.1, 0.15) is 22.9 Å². The molecule has 3 aliphatic heterocycles. The first-order chi connectivity index (χ1) is 22.5. The highest BCUT2D eigenvalue weighted by Gasteiger charge is 2.38. The first kappa shape index (κ1) is 32.4. The van der Waals surface area contributed by atoms with E-state index < -0.39 is 35.3 Å². The molecule has 0 saturated carbocycles. The molecule has 1 aromatic heterocycles. The summed E-state index contributed by atoms with van der Waals surface area (Å²) in [5.41, 5.74) is -0.818. The number of benzene rings is 2. The summed E-state index contributed by atoms with van der Waals surface area (Å²) in [5, 5.41) is 5.58. The number of hydrogen-bond donors (Lipinski definition) is 2. The maximum Gasteiger partial charge on any atom is 0.423 e. The van der Waals surface area contributed by atoms with Crippen LogP contribution in [0, 0.1) is 5.82 Å². The van der Waals surface area contributed by atoms with Gasteiger partial charge < -0.3 is 34.6 Å². The van der Waals surface area contributed by atoms with E-state index in [2.05, 4.69) is 25.5 Å². The fourth-order valence-electron chi connectivity index (χ4n) is 6.19. The normalized spacial score (nSPS) is 17.8. The van der Waals surface area contributed by atoms with E-state index >= 15 is 4.39 Å². The average Bonchev–Trinajstić information content (AvgIpc) is 3.35. The van der Waals surface area contributed by atoms with Crippen LogP contribution in [0.5, 0.6) is 17.4 Å². The topological polar surface area (TPSA) is 118 Å². The van der Waals surface area contributed by atoms with Crippen LogP contribution in [0.25, 0.3) is 0 Å². The number of piperidine rings is 1. The number of carbonyl (C=O) groups excluding carboxylic acids is 2. The molecule has 3 aliphatic rings. The summed E-state index contributed by atoms with van der Waals surface area (Å²) >= 11 is 0. The van der Waals surface area contributed by atoms with Crippen LogP contribution in [0.15, 0.2) is 36.5 Å². The number of amides is 2. The fraction of sp³-hybridized carbons (Fsp3) is 0.438. The molecule has 2 aromatic carbocycles. The largest absolute Gasteiger partial charge is 0.495 e. The molecular weight excluding hydrogens is 624 g/mol. The molecule has 2 saturated heterocycles. The van der Waals surface area contributed by atoms with Crippen LogP contribution in [-0.2, 0) is 17.5 Å². The minimum atomic E-state index is -4.88. The Morgan fingerprint density at radius 3 is 2.53 bits per heavy atom. The Morgan fingerprint density at radius 2 is 1.83 bits per heavy atom. The lowest BCUT2D eigenvalue weighted by atomic mass is 9.99. The third kappa shape index (κ3) is 6.95. The maximum atomic E-state index is 15.3. The highest BCUT2D eigenvalue weighted by atomic mass is 19.4. The Hall–Kier alpha value is -4.50. The predicted molar refractivity (Wildman–Crippen MR) is 161 cm³/mol. The summed E-state index contributed by atoms with van der Waals surface area (Å²) < 4.78 is 73.5. The number of anilines is 2. The number of nitrogens with one attached hydrogen (secondary N) is 2. The van der Waals surface area contributed by atoms with E-state index in [0.717, 1.165) is 58.1 Å². The standard InChI is InChI=1S/C32H34F4N6O5/c1-41-17-18-4-3-5-25(27(18)30(41)44)47-29-22(32(34,35)36)16-37-31(40-29)39-24-15-23(33)21(14-26(24)45-2)28(43)38-19-6-10-42(11-7-19)20-8-12-46-13-9-20/h3-5,14-16,19-20H,6-13,17H2,1-2H3,(H,38,43)(H,37,39,40). The first-order valence-corrected chi connectivity index (χ1v) is 15.3. The van der Waals surface area contributed by atoms with E-state index in [1.807, 2.05) is 0 Å². The quantitative estimate of drug-likeness (QED) is 0.318. The molecule has 15 heteroatoms. The zero-order valence-corrected chi connectivity index (χ0v) is 25.8. The predicted octanol–water partition coefficient (Wildman–Crippen LogP) is 5.14. The van der Waals surface area contributed by atoms with Crippen LogP contribution in [0.4, 0.5) is 29.2 Å². The second-order valence-corrected chi connectivity index (χ2v) is 11.7. The summed E-state index contributed by atoms with van der Waals surface area (Å²) in [6, 6.07) is 7.18. The van der Waals surface area contributed by atoms with Crippen molar-refractivity contribution in [1.82, 2.24) is 25.1 Å². The Morgan fingerprint density at radius 1 is 1.09 bits per heavy atom. The van der Waals surface area contributed by atoms with E-state index in [1.54, 1.807) is 19.2 Å². The molecule has 2 amide bonds. The SMILES string of the molecule is COc1cc(C(=O)NC2CCN(C3CCOCC3)CC2)c(F)cc1Nc1ncc(C(F)(F)F)c(Oc2cccc3c2C(=O)N(C)C3)n1. The molecule has 47 heavy (non-hydrogen) atoms. The van der Waals surface area contributed by atoms with Gasteiger partial charge in [-0.3, -0.25) is 9.59 Å². The van der Waals surface area contributed by atoms with Gasteiger partial charge in [0.05, 0.1) is 23.9 Å². The van der Waals surface area contributed by atoms with Crippen molar-refractivity contribution in [2.75, 3.05) is 45.8 Å². The number of methoxy groups -OCH3 is 1. The van der Waals surface area contributed by atoms with Gasteiger partial charge in [0, 0.05) is 64.2 Å². The minimum Gasteiger partial charge on any atom is -0.495 e. The van der Waals surface area contributed by atoms with Crippen molar-refractivity contribution in [3.05, 3.63) is 64.6 Å². The van der Waals surface area contributed by atoms with Gasteiger partial charge in [0.25, 0.3) is 11.8 Å². The second-order valence-electron chi connectivity index (χ2n) is 11.7. The molecule has 0 radical (unpaired) electrons. The van der Waals surface area contributed by atoms with Crippen molar-refractivity contribution in [3.63, 3.8) is 0 Å². The molecule has 6 rings (SSSR count). The molecular formula is C32H34F4N6O5. The first-order valence-electron chi connectivity index (χ1n) is 15.3. The van der Waals surface area contributed by atoms with Crippen molar-refractivity contribution in [3.8, 4) is 17.4 Å². The van der Waals surface area contributed by atoms with Crippen LogP contribution in [0.3, 0.4) is 0 Å². The molecule has 0 aliphatic carbocycles. The van der Waals surface area contributed by atoms with Gasteiger partial charge >= 0.3 is 6.18 Å². The van der Waals surface area contributed by atoms with Gasteiger partial charge in [-0.25, -0.2) is 9.37 Å². The Labute approximate surface area is 268 Å². The van der Waals surface area contributed by atoms with Gasteiger partial charge in [0.15, 0.2) is 0 Å². The Bertz CT molecular complexity index is 1660. The van der Waals surface area contributed by atoms with Crippen LogP contribution in [-0.4, -0.2) is 84.1 Å². The van der Waals surface area contributed by atoms with Crippen LogP contribution in [0.2, 0.25) is 0 Å². The number of hydrogen-bond acceptors (Lipinski definition) is 9. The molecule has 2 N–H and O–H groups in total. The van der Waals surface area contributed by atoms with Crippen molar-refractivity contribution in [2.45, 2.75) is 50.5 Å². The molecule has 250 valence electrons. The van der Waals surface area contributed by atoms with E-state index in [0.29, 0.717) is 17.8 Å². The van der Waals surface area contributed by atoms with Crippen molar-refractivity contribution in [2.24, 2.45) is 0 Å². The molecule has 0 bridgehead atoms. The van der Waals surface area contributed by atoms with Crippen molar-refractivity contribution in [1.29, 1.82) is 0 Å². The van der Waals surface area contributed by atoms with Crippen molar-refractivity contribution < 1.29 is 41.4 Å². The number of rotatable bonds is 8. The molecule has 0 unspecified atom stereocenters.